The van der Waals surface area contributed by atoms with E-state index in [2.05, 4.69) is 19.2 Å². The van der Waals surface area contributed by atoms with Crippen LogP contribution in [-0.2, 0) is 11.2 Å². The molecule has 1 aromatic carbocycles. The quantitative estimate of drug-likeness (QED) is 0.610. The van der Waals surface area contributed by atoms with E-state index in [9.17, 15) is 4.79 Å². The maximum Gasteiger partial charge on any atom is 0.220 e. The third kappa shape index (κ3) is 7.31. The predicted octanol–water partition coefficient (Wildman–Crippen LogP) is 2.12. The molecule has 4 N–H and O–H groups in total. The Morgan fingerprint density at radius 3 is 2.68 bits per heavy atom. The zero-order valence-electron chi connectivity index (χ0n) is 13.8. The Kier molecular flexibility index (Phi) is 7.74. The van der Waals surface area contributed by atoms with Gasteiger partial charge in [0.1, 0.15) is 5.75 Å². The summed E-state index contributed by atoms with van der Waals surface area (Å²) >= 11 is 0. The number of ether oxygens (including phenoxy) is 1. The normalized spacial score (nSPS) is 12.2. The molecule has 0 fully saturated rings. The summed E-state index contributed by atoms with van der Waals surface area (Å²) in [5, 5.41) is 11.8. The third-order valence-corrected chi connectivity index (χ3v) is 3.26. The van der Waals surface area contributed by atoms with Crippen LogP contribution in [0.2, 0.25) is 0 Å². The summed E-state index contributed by atoms with van der Waals surface area (Å²) in [5.74, 6) is 1.22. The SMILES string of the molecule is CC(C)CCOc1ccc(CCC(=O)NCC(C)O)cc1N. The number of carbonyl (C=O) groups is 1. The lowest BCUT2D eigenvalue weighted by Crippen LogP contribution is -2.30. The van der Waals surface area contributed by atoms with Crippen molar-refractivity contribution >= 4 is 11.6 Å². The summed E-state index contributed by atoms with van der Waals surface area (Å²) in [5.41, 5.74) is 7.59. The van der Waals surface area contributed by atoms with E-state index in [1.807, 2.05) is 18.2 Å². The molecule has 0 saturated carbocycles. The van der Waals surface area contributed by atoms with Crippen LogP contribution in [0.25, 0.3) is 0 Å². The van der Waals surface area contributed by atoms with E-state index in [4.69, 9.17) is 15.6 Å². The van der Waals surface area contributed by atoms with E-state index in [0.717, 1.165) is 12.0 Å². The summed E-state index contributed by atoms with van der Waals surface area (Å²) < 4.78 is 5.66. The molecule has 0 aromatic heterocycles. The van der Waals surface area contributed by atoms with E-state index >= 15 is 0 Å². The highest BCUT2D eigenvalue weighted by Crippen LogP contribution is 2.23. The summed E-state index contributed by atoms with van der Waals surface area (Å²) in [6, 6.07) is 5.65. The fourth-order valence-electron chi connectivity index (χ4n) is 1.90. The molecule has 0 heterocycles. The van der Waals surface area contributed by atoms with Gasteiger partial charge in [-0.3, -0.25) is 4.79 Å². The van der Waals surface area contributed by atoms with Crippen molar-refractivity contribution in [2.75, 3.05) is 18.9 Å². The number of anilines is 1. The first-order chi connectivity index (χ1) is 10.4. The minimum atomic E-state index is -0.526. The number of amides is 1. The van der Waals surface area contributed by atoms with Gasteiger partial charge in [-0.25, -0.2) is 0 Å². The molecule has 1 atom stereocenters. The minimum absolute atomic E-state index is 0.0725. The molecular weight excluding hydrogens is 280 g/mol. The van der Waals surface area contributed by atoms with Crippen LogP contribution in [0.1, 0.15) is 39.2 Å². The third-order valence-electron chi connectivity index (χ3n) is 3.26. The second kappa shape index (κ2) is 9.30. The van der Waals surface area contributed by atoms with Gasteiger partial charge in [-0.05, 0) is 43.4 Å². The monoisotopic (exact) mass is 308 g/mol. The van der Waals surface area contributed by atoms with Crippen molar-refractivity contribution < 1.29 is 14.6 Å². The lowest BCUT2D eigenvalue weighted by molar-refractivity contribution is -0.121. The van der Waals surface area contributed by atoms with Gasteiger partial charge in [-0.1, -0.05) is 19.9 Å². The van der Waals surface area contributed by atoms with Crippen molar-refractivity contribution in [3.05, 3.63) is 23.8 Å². The second-order valence-corrected chi connectivity index (χ2v) is 6.06. The van der Waals surface area contributed by atoms with Crippen molar-refractivity contribution in [1.82, 2.24) is 5.32 Å². The number of aliphatic hydroxyl groups is 1. The summed E-state index contributed by atoms with van der Waals surface area (Å²) in [6.45, 7) is 6.88. The second-order valence-electron chi connectivity index (χ2n) is 6.06. The average Bonchev–Trinajstić information content (AvgIpc) is 2.44. The van der Waals surface area contributed by atoms with Crippen molar-refractivity contribution in [2.45, 2.75) is 46.1 Å². The van der Waals surface area contributed by atoms with E-state index < -0.39 is 6.10 Å². The summed E-state index contributed by atoms with van der Waals surface area (Å²) in [6.07, 6.45) is 1.45. The number of benzene rings is 1. The highest BCUT2D eigenvalue weighted by molar-refractivity contribution is 5.76. The topological polar surface area (TPSA) is 84.6 Å². The molecule has 0 bridgehead atoms. The van der Waals surface area contributed by atoms with Crippen LogP contribution in [0, 0.1) is 5.92 Å². The number of hydrogen-bond donors (Lipinski definition) is 3. The number of rotatable bonds is 9. The minimum Gasteiger partial charge on any atom is -0.491 e. The van der Waals surface area contributed by atoms with Crippen LogP contribution in [0.5, 0.6) is 5.75 Å². The molecular formula is C17H28N2O3. The molecule has 124 valence electrons. The molecule has 0 spiro atoms. The highest BCUT2D eigenvalue weighted by Gasteiger charge is 2.06. The average molecular weight is 308 g/mol. The molecule has 0 saturated heterocycles. The standard InChI is InChI=1S/C17H28N2O3/c1-12(2)8-9-22-16-6-4-14(10-15(16)18)5-7-17(21)19-11-13(3)20/h4,6,10,12-13,20H,5,7-9,11,18H2,1-3H3,(H,19,21). The van der Waals surface area contributed by atoms with Gasteiger partial charge < -0.3 is 20.9 Å². The number of nitrogens with two attached hydrogens (primary N) is 1. The van der Waals surface area contributed by atoms with Gasteiger partial charge in [0.2, 0.25) is 5.91 Å². The highest BCUT2D eigenvalue weighted by atomic mass is 16.5. The molecule has 0 radical (unpaired) electrons. The Balaban J connectivity index is 2.42. The fourth-order valence-corrected chi connectivity index (χ4v) is 1.90. The number of hydrogen-bond acceptors (Lipinski definition) is 4. The van der Waals surface area contributed by atoms with Gasteiger partial charge >= 0.3 is 0 Å². The zero-order valence-corrected chi connectivity index (χ0v) is 13.8. The predicted molar refractivity (Wildman–Crippen MR) is 88.8 cm³/mol. The molecule has 0 aliphatic rings. The van der Waals surface area contributed by atoms with Crippen LogP contribution < -0.4 is 15.8 Å². The zero-order chi connectivity index (χ0) is 16.5. The first-order valence-electron chi connectivity index (χ1n) is 7.84. The van der Waals surface area contributed by atoms with Crippen LogP contribution in [0.15, 0.2) is 18.2 Å². The maximum atomic E-state index is 11.6. The molecule has 1 rings (SSSR count). The molecule has 5 nitrogen and oxygen atoms in total. The van der Waals surface area contributed by atoms with E-state index in [1.54, 1.807) is 6.92 Å². The molecule has 22 heavy (non-hydrogen) atoms. The molecule has 5 heteroatoms. The molecule has 1 aromatic rings. The molecule has 0 aliphatic carbocycles. The first-order valence-corrected chi connectivity index (χ1v) is 7.84. The van der Waals surface area contributed by atoms with Crippen molar-refractivity contribution in [3.8, 4) is 5.75 Å². The smallest absolute Gasteiger partial charge is 0.220 e. The molecule has 1 amide bonds. The van der Waals surface area contributed by atoms with E-state index in [0.29, 0.717) is 36.8 Å². The maximum absolute atomic E-state index is 11.6. The first kappa shape index (κ1) is 18.3. The van der Waals surface area contributed by atoms with Gasteiger partial charge in [0.25, 0.3) is 0 Å². The van der Waals surface area contributed by atoms with Gasteiger partial charge in [0.15, 0.2) is 0 Å². The molecule has 1 unspecified atom stereocenters. The van der Waals surface area contributed by atoms with Crippen molar-refractivity contribution in [2.24, 2.45) is 5.92 Å². The Morgan fingerprint density at radius 1 is 1.36 bits per heavy atom. The van der Waals surface area contributed by atoms with Gasteiger partial charge in [-0.15, -0.1) is 0 Å². The number of nitrogen functional groups attached to an aromatic ring is 1. The van der Waals surface area contributed by atoms with Gasteiger partial charge in [-0.2, -0.15) is 0 Å². The van der Waals surface area contributed by atoms with Crippen molar-refractivity contribution in [1.29, 1.82) is 0 Å². The van der Waals surface area contributed by atoms with Crippen LogP contribution >= 0.6 is 0 Å². The van der Waals surface area contributed by atoms with Crippen LogP contribution in [0.4, 0.5) is 5.69 Å². The lowest BCUT2D eigenvalue weighted by Gasteiger charge is -2.12. The Hall–Kier alpha value is -1.75. The van der Waals surface area contributed by atoms with E-state index in [1.165, 1.54) is 0 Å². The summed E-state index contributed by atoms with van der Waals surface area (Å²) in [7, 11) is 0. The Bertz CT molecular complexity index is 473. The van der Waals surface area contributed by atoms with Crippen LogP contribution in [-0.4, -0.2) is 30.3 Å². The van der Waals surface area contributed by atoms with Crippen molar-refractivity contribution in [3.63, 3.8) is 0 Å². The number of aliphatic hydroxyl groups excluding tert-OH is 1. The van der Waals surface area contributed by atoms with Gasteiger partial charge in [0, 0.05) is 13.0 Å². The van der Waals surface area contributed by atoms with Gasteiger partial charge in [0.05, 0.1) is 18.4 Å². The fraction of sp³-hybridized carbons (Fsp3) is 0.588. The largest absolute Gasteiger partial charge is 0.491 e. The molecule has 0 aliphatic heterocycles. The Morgan fingerprint density at radius 2 is 2.09 bits per heavy atom. The Labute approximate surface area is 132 Å². The van der Waals surface area contributed by atoms with Crippen LogP contribution in [0.3, 0.4) is 0 Å². The number of nitrogens with one attached hydrogen (secondary N) is 1. The lowest BCUT2D eigenvalue weighted by atomic mass is 10.1. The number of carbonyl (C=O) groups excluding carboxylic acids is 1. The summed E-state index contributed by atoms with van der Waals surface area (Å²) in [4.78, 5) is 11.6. The van der Waals surface area contributed by atoms with E-state index in [-0.39, 0.29) is 12.5 Å². The number of aryl methyl sites for hydroxylation is 1.